The average molecular weight is 692 g/mol. The van der Waals surface area contributed by atoms with Crippen LogP contribution in [-0.2, 0) is 37.1 Å². The lowest BCUT2D eigenvalue weighted by Gasteiger charge is -2.15. The summed E-state index contributed by atoms with van der Waals surface area (Å²) in [5, 5.41) is 40.7. The SMILES string of the molecule is Cc1c(O)cc(Cn2cnc(-c3ccccc3)c2CC(C)O)cc1Oc1ccc(Cc2ncn(Cc3cc(O)c(F)c(O)c3)c2CC(N)=O)cc1. The number of nitrogens with two attached hydrogens (primary N) is 1. The number of phenolic OH excluding ortho intramolecular Hbond substituents is 3. The zero-order valence-corrected chi connectivity index (χ0v) is 28.1. The summed E-state index contributed by atoms with van der Waals surface area (Å²) >= 11 is 0. The molecule has 1 amide bonds. The van der Waals surface area contributed by atoms with Crippen molar-refractivity contribution in [1.29, 1.82) is 0 Å². The summed E-state index contributed by atoms with van der Waals surface area (Å²) in [6.45, 7) is 4.03. The summed E-state index contributed by atoms with van der Waals surface area (Å²) in [5.41, 5.74) is 12.0. The largest absolute Gasteiger partial charge is 0.508 e. The minimum atomic E-state index is -1.11. The number of aliphatic hydroxyl groups is 1. The number of primary amides is 1. The Labute approximate surface area is 293 Å². The third-order valence-electron chi connectivity index (χ3n) is 8.57. The van der Waals surface area contributed by atoms with Crippen molar-refractivity contribution >= 4 is 5.91 Å². The molecule has 0 radical (unpaired) electrons. The van der Waals surface area contributed by atoms with Gasteiger partial charge in [-0.15, -0.1) is 0 Å². The Balaban J connectivity index is 1.19. The second-order valence-electron chi connectivity index (χ2n) is 12.6. The van der Waals surface area contributed by atoms with E-state index in [9.17, 15) is 29.6 Å². The molecular weight excluding hydrogens is 653 g/mol. The quantitative estimate of drug-likeness (QED) is 0.102. The molecule has 0 aliphatic heterocycles. The van der Waals surface area contributed by atoms with Crippen LogP contribution >= 0.6 is 0 Å². The van der Waals surface area contributed by atoms with Crippen molar-refractivity contribution in [2.75, 3.05) is 0 Å². The first-order valence-corrected chi connectivity index (χ1v) is 16.3. The predicted octanol–water partition coefficient (Wildman–Crippen LogP) is 5.74. The Morgan fingerprint density at radius 2 is 1.45 bits per heavy atom. The summed E-state index contributed by atoms with van der Waals surface area (Å²) < 4.78 is 23.6. The molecule has 262 valence electrons. The molecule has 4 aromatic carbocycles. The highest BCUT2D eigenvalue weighted by Crippen LogP contribution is 2.34. The molecule has 2 aromatic heterocycles. The standard InChI is InChI=1S/C39H38FN5O6/c1-23(46)12-32-39(28-6-4-3-5-7-28)43-22-45(32)20-27-14-33(47)24(2)36(17-27)51-29-10-8-25(9-11-29)13-30-31(18-37(41)50)44(21-42-30)19-26-15-34(48)38(40)35(49)16-26/h3-11,14-17,21-23,46-49H,12-13,18-20H2,1-2H3,(H2,41,50). The molecule has 2 heterocycles. The Kier molecular flexibility index (Phi) is 10.1. The average Bonchev–Trinajstić information content (AvgIpc) is 3.65. The van der Waals surface area contributed by atoms with Crippen LogP contribution in [0.1, 0.15) is 46.3 Å². The summed E-state index contributed by atoms with van der Waals surface area (Å²) in [4.78, 5) is 21.1. The van der Waals surface area contributed by atoms with Gasteiger partial charge in [-0.1, -0.05) is 42.5 Å². The molecule has 0 aliphatic carbocycles. The van der Waals surface area contributed by atoms with Crippen LogP contribution < -0.4 is 10.5 Å². The first-order valence-electron chi connectivity index (χ1n) is 16.3. The molecule has 0 aliphatic rings. The number of rotatable bonds is 13. The fraction of sp³-hybridized carbons (Fsp3) is 0.205. The number of phenols is 3. The van der Waals surface area contributed by atoms with E-state index in [0.717, 1.165) is 28.1 Å². The van der Waals surface area contributed by atoms with E-state index in [1.807, 2.05) is 53.1 Å². The van der Waals surface area contributed by atoms with Gasteiger partial charge in [-0.05, 0) is 66.9 Å². The zero-order chi connectivity index (χ0) is 36.2. The smallest absolute Gasteiger partial charge is 0.223 e. The molecule has 1 unspecified atom stereocenters. The van der Waals surface area contributed by atoms with Crippen molar-refractivity contribution in [1.82, 2.24) is 19.1 Å². The van der Waals surface area contributed by atoms with Crippen LogP contribution in [0.15, 0.2) is 91.5 Å². The van der Waals surface area contributed by atoms with E-state index in [2.05, 4.69) is 9.97 Å². The number of carbonyl (C=O) groups excluding carboxylic acids is 1. The number of hydrogen-bond donors (Lipinski definition) is 5. The maximum absolute atomic E-state index is 13.7. The molecule has 6 aromatic rings. The molecule has 6 N–H and O–H groups in total. The van der Waals surface area contributed by atoms with Crippen LogP contribution in [0.3, 0.4) is 0 Å². The van der Waals surface area contributed by atoms with Crippen molar-refractivity contribution < 1.29 is 34.3 Å². The second-order valence-corrected chi connectivity index (χ2v) is 12.6. The van der Waals surface area contributed by atoms with Crippen LogP contribution in [0.4, 0.5) is 4.39 Å². The number of amides is 1. The molecule has 0 spiro atoms. The van der Waals surface area contributed by atoms with Gasteiger partial charge in [0.25, 0.3) is 0 Å². The minimum absolute atomic E-state index is 0.0863. The van der Waals surface area contributed by atoms with E-state index < -0.39 is 29.3 Å². The van der Waals surface area contributed by atoms with Crippen LogP contribution in [0, 0.1) is 12.7 Å². The summed E-state index contributed by atoms with van der Waals surface area (Å²) in [7, 11) is 0. The molecule has 51 heavy (non-hydrogen) atoms. The molecule has 0 bridgehead atoms. The highest BCUT2D eigenvalue weighted by Gasteiger charge is 2.19. The van der Waals surface area contributed by atoms with Crippen molar-refractivity contribution in [2.24, 2.45) is 5.73 Å². The number of ether oxygens (including phenoxy) is 1. The fourth-order valence-electron chi connectivity index (χ4n) is 6.03. The normalized spacial score (nSPS) is 11.8. The van der Waals surface area contributed by atoms with Crippen LogP contribution in [0.2, 0.25) is 0 Å². The molecule has 0 saturated carbocycles. The number of hydrogen-bond acceptors (Lipinski definition) is 8. The van der Waals surface area contributed by atoms with Gasteiger partial charge in [-0.2, -0.15) is 4.39 Å². The van der Waals surface area contributed by atoms with Gasteiger partial charge in [0.2, 0.25) is 11.7 Å². The Bertz CT molecular complexity index is 2150. The number of benzene rings is 4. The number of carbonyl (C=O) groups is 1. The van der Waals surface area contributed by atoms with Crippen molar-refractivity contribution in [3.05, 3.63) is 137 Å². The lowest BCUT2D eigenvalue weighted by Crippen LogP contribution is -2.18. The summed E-state index contributed by atoms with van der Waals surface area (Å²) in [6.07, 6.45) is 3.38. The number of aromatic nitrogens is 4. The number of aromatic hydroxyl groups is 3. The predicted molar refractivity (Wildman–Crippen MR) is 188 cm³/mol. The van der Waals surface area contributed by atoms with E-state index in [1.54, 1.807) is 42.9 Å². The van der Waals surface area contributed by atoms with E-state index >= 15 is 0 Å². The highest BCUT2D eigenvalue weighted by atomic mass is 19.1. The van der Waals surface area contributed by atoms with Gasteiger partial charge in [0, 0.05) is 42.8 Å². The monoisotopic (exact) mass is 691 g/mol. The number of aliphatic hydroxyl groups excluding tert-OH is 1. The third-order valence-corrected chi connectivity index (χ3v) is 8.57. The minimum Gasteiger partial charge on any atom is -0.508 e. The lowest BCUT2D eigenvalue weighted by molar-refractivity contribution is -0.117. The Hall–Kier alpha value is -6.14. The molecule has 11 nitrogen and oxygen atoms in total. The maximum Gasteiger partial charge on any atom is 0.223 e. The van der Waals surface area contributed by atoms with Crippen LogP contribution in [0.25, 0.3) is 11.3 Å². The number of halogens is 1. The van der Waals surface area contributed by atoms with Gasteiger partial charge < -0.3 is 40.0 Å². The lowest BCUT2D eigenvalue weighted by atomic mass is 10.1. The fourth-order valence-corrected chi connectivity index (χ4v) is 6.03. The third kappa shape index (κ3) is 8.03. The maximum atomic E-state index is 13.7. The summed E-state index contributed by atoms with van der Waals surface area (Å²) in [6, 6.07) is 23.1. The van der Waals surface area contributed by atoms with Gasteiger partial charge in [0.05, 0.1) is 42.3 Å². The van der Waals surface area contributed by atoms with Crippen molar-refractivity contribution in [3.8, 4) is 40.0 Å². The molecule has 0 saturated heterocycles. The van der Waals surface area contributed by atoms with E-state index in [1.165, 1.54) is 18.5 Å². The van der Waals surface area contributed by atoms with Gasteiger partial charge in [-0.25, -0.2) is 9.97 Å². The van der Waals surface area contributed by atoms with Gasteiger partial charge in [-0.3, -0.25) is 4.79 Å². The molecule has 12 heteroatoms. The van der Waals surface area contributed by atoms with E-state index in [0.29, 0.717) is 53.4 Å². The molecule has 1 atom stereocenters. The first kappa shape index (κ1) is 34.7. The van der Waals surface area contributed by atoms with Gasteiger partial charge >= 0.3 is 0 Å². The van der Waals surface area contributed by atoms with Crippen molar-refractivity contribution in [2.45, 2.75) is 52.3 Å². The summed E-state index contributed by atoms with van der Waals surface area (Å²) in [5.74, 6) is -1.92. The molecule has 6 rings (SSSR count). The van der Waals surface area contributed by atoms with Crippen molar-refractivity contribution in [3.63, 3.8) is 0 Å². The second kappa shape index (κ2) is 14.8. The van der Waals surface area contributed by atoms with Gasteiger partial charge in [0.15, 0.2) is 11.5 Å². The van der Waals surface area contributed by atoms with Crippen LogP contribution in [-0.4, -0.2) is 51.5 Å². The van der Waals surface area contributed by atoms with E-state index in [4.69, 9.17) is 10.5 Å². The van der Waals surface area contributed by atoms with Crippen LogP contribution in [0.5, 0.6) is 28.7 Å². The number of imidazole rings is 2. The van der Waals surface area contributed by atoms with E-state index in [-0.39, 0.29) is 18.7 Å². The molecule has 0 fully saturated rings. The topological polar surface area (TPSA) is 169 Å². The zero-order valence-electron chi connectivity index (χ0n) is 28.1. The Morgan fingerprint density at radius 1 is 0.843 bits per heavy atom. The molecular formula is C39H38FN5O6. The first-order chi connectivity index (χ1) is 24.4. The Morgan fingerprint density at radius 3 is 2.10 bits per heavy atom. The highest BCUT2D eigenvalue weighted by molar-refractivity contribution is 5.76. The number of nitrogens with zero attached hydrogens (tertiary/aromatic N) is 4. The van der Waals surface area contributed by atoms with Gasteiger partial charge in [0.1, 0.15) is 17.2 Å².